The van der Waals surface area contributed by atoms with Gasteiger partial charge in [-0.15, -0.1) is 0 Å². The molecule has 0 fully saturated rings. The molecule has 0 atom stereocenters. The molecular weight excluding hydrogens is 677 g/mol. The second-order valence-electron chi connectivity index (χ2n) is 14.5. The summed E-state index contributed by atoms with van der Waals surface area (Å²) in [5.41, 5.74) is 7.89. The molecule has 56 heavy (non-hydrogen) atoms. The zero-order chi connectivity index (χ0) is 37.8. The van der Waals surface area contributed by atoms with Crippen molar-refractivity contribution < 1.29 is 0 Å². The highest BCUT2D eigenvalue weighted by Gasteiger charge is 2.21. The molecule has 10 aromatic rings. The summed E-state index contributed by atoms with van der Waals surface area (Å²) < 4.78 is 0. The summed E-state index contributed by atoms with van der Waals surface area (Å²) in [7, 11) is 0. The van der Waals surface area contributed by atoms with Gasteiger partial charge >= 0.3 is 0 Å². The van der Waals surface area contributed by atoms with Crippen molar-refractivity contribution in [2.75, 3.05) is 16.3 Å². The summed E-state index contributed by atoms with van der Waals surface area (Å²) in [5, 5.41) is 15.0. The van der Waals surface area contributed by atoms with Gasteiger partial charge in [0.25, 0.3) is 0 Å². The van der Waals surface area contributed by atoms with Crippen molar-refractivity contribution in [3.05, 3.63) is 200 Å². The average molecular weight is 717 g/mol. The predicted octanol–water partition coefficient (Wildman–Crippen LogP) is 15.5. The third kappa shape index (κ3) is 5.33. The van der Waals surface area contributed by atoms with Crippen molar-refractivity contribution in [1.29, 1.82) is 0 Å². The van der Waals surface area contributed by atoms with Crippen LogP contribution in [-0.2, 0) is 0 Å². The Morgan fingerprint density at radius 2 is 0.839 bits per heavy atom. The van der Waals surface area contributed by atoms with Crippen LogP contribution >= 0.6 is 0 Å². The first kappa shape index (κ1) is 33.4. The fourth-order valence-corrected chi connectivity index (χ4v) is 8.85. The highest BCUT2D eigenvalue weighted by molar-refractivity contribution is 6.39. The lowest BCUT2D eigenvalue weighted by atomic mass is 9.86. The van der Waals surface area contributed by atoms with Gasteiger partial charge in [-0.1, -0.05) is 147 Å². The molecule has 0 aliphatic heterocycles. The molecule has 0 aromatic heterocycles. The van der Waals surface area contributed by atoms with Gasteiger partial charge in [-0.3, -0.25) is 0 Å². The fraction of sp³-hybridized carbons (Fsp3) is 0.0370. The van der Waals surface area contributed by atoms with Crippen LogP contribution in [0.2, 0.25) is 0 Å². The zero-order valence-corrected chi connectivity index (χ0v) is 31.4. The van der Waals surface area contributed by atoms with E-state index in [1.165, 1.54) is 70.3 Å². The Labute approximate surface area is 327 Å². The molecule has 0 unspecified atom stereocenters. The fourth-order valence-electron chi connectivity index (χ4n) is 8.85. The van der Waals surface area contributed by atoms with E-state index in [-0.39, 0.29) is 0 Å². The van der Waals surface area contributed by atoms with E-state index in [0.717, 1.165) is 40.4 Å². The first-order valence-electron chi connectivity index (χ1n) is 19.4. The number of nitrogens with zero attached hydrogens (tertiary/aromatic N) is 2. The topological polar surface area (TPSA) is 6.48 Å². The van der Waals surface area contributed by atoms with Crippen LogP contribution in [0.15, 0.2) is 189 Å². The van der Waals surface area contributed by atoms with Gasteiger partial charge in [0.05, 0.1) is 5.69 Å². The van der Waals surface area contributed by atoms with E-state index in [9.17, 15) is 0 Å². The second-order valence-corrected chi connectivity index (χ2v) is 14.5. The van der Waals surface area contributed by atoms with Crippen molar-refractivity contribution in [3.63, 3.8) is 0 Å². The van der Waals surface area contributed by atoms with Crippen LogP contribution in [0.5, 0.6) is 0 Å². The molecule has 0 bridgehead atoms. The summed E-state index contributed by atoms with van der Waals surface area (Å²) >= 11 is 0. The number of hydrogen-bond acceptors (Lipinski definition) is 2. The molecule has 10 rings (SSSR count). The van der Waals surface area contributed by atoms with Gasteiger partial charge in [-0.25, -0.2) is 0 Å². The number of hydrogen-bond donors (Lipinski definition) is 0. The van der Waals surface area contributed by atoms with Crippen LogP contribution in [0.3, 0.4) is 0 Å². The Hall–Kier alpha value is -7.16. The number of rotatable bonds is 8. The molecule has 0 saturated carbocycles. The highest BCUT2D eigenvalue weighted by Crippen LogP contribution is 2.47. The third-order valence-corrected chi connectivity index (χ3v) is 11.5. The molecule has 2 heteroatoms. The van der Waals surface area contributed by atoms with Gasteiger partial charge in [-0.05, 0) is 132 Å². The molecule has 0 heterocycles. The summed E-state index contributed by atoms with van der Waals surface area (Å²) in [6.45, 7) is 11.0. The number of fused-ring (bicyclic) bond motifs is 12. The molecule has 0 N–H and O–H groups in total. The van der Waals surface area contributed by atoms with Crippen molar-refractivity contribution in [2.45, 2.75) is 6.92 Å². The lowest BCUT2D eigenvalue weighted by Crippen LogP contribution is -2.15. The minimum absolute atomic E-state index is 0.843. The van der Waals surface area contributed by atoms with Crippen LogP contribution in [0.25, 0.3) is 76.8 Å². The van der Waals surface area contributed by atoms with Gasteiger partial charge in [0, 0.05) is 34.7 Å². The molecule has 10 aromatic carbocycles. The first-order chi connectivity index (χ1) is 27.6. The van der Waals surface area contributed by atoms with E-state index in [1.807, 2.05) is 12.2 Å². The van der Waals surface area contributed by atoms with E-state index < -0.39 is 0 Å². The van der Waals surface area contributed by atoms with Gasteiger partial charge in [0.2, 0.25) is 0 Å². The van der Waals surface area contributed by atoms with Crippen molar-refractivity contribution >= 4 is 105 Å². The molecule has 0 amide bonds. The molecule has 0 radical (unpaired) electrons. The molecule has 0 spiro atoms. The smallest absolute Gasteiger partial charge is 0.0540 e. The maximum absolute atomic E-state index is 4.02. The molecule has 266 valence electrons. The SMILES string of the molecule is C=Cc1ccc(N(CC)c2ccc3c4ccccc4c4c5cc(N(c6ccc(C=C)cc6)c6cccc7ccccc67)ccc5c5ccccc5c4c3c2)cc1. The summed E-state index contributed by atoms with van der Waals surface area (Å²) in [5.74, 6) is 0. The van der Waals surface area contributed by atoms with E-state index in [1.54, 1.807) is 0 Å². The minimum Gasteiger partial charge on any atom is -0.342 e. The molecule has 0 saturated heterocycles. The van der Waals surface area contributed by atoms with E-state index in [4.69, 9.17) is 0 Å². The quantitative estimate of drug-likeness (QED) is 0.144. The number of benzene rings is 10. The van der Waals surface area contributed by atoms with E-state index in [2.05, 4.69) is 206 Å². The molecule has 2 nitrogen and oxygen atoms in total. The standard InChI is InChI=1S/C54H40N2/c1-4-36-22-26-39(27-23-36)55(6-3)41-30-32-46-44-17-9-12-20-49(44)54-51-35-42(31-33-47(51)45-18-10-11-19-48(45)53(54)50(46)34-41)56(40-28-24-37(5-2)25-29-40)52-21-13-15-38-14-7-8-16-43(38)52/h4-5,7-35H,1-2,6H2,3H3. The third-order valence-electron chi connectivity index (χ3n) is 11.5. The normalized spacial score (nSPS) is 11.5. The first-order valence-corrected chi connectivity index (χ1v) is 19.4. The number of anilines is 5. The Morgan fingerprint density at radius 3 is 1.41 bits per heavy atom. The average Bonchev–Trinajstić information content (AvgIpc) is 3.27. The predicted molar refractivity (Wildman–Crippen MR) is 245 cm³/mol. The lowest BCUT2D eigenvalue weighted by molar-refractivity contribution is 1.03. The van der Waals surface area contributed by atoms with E-state index >= 15 is 0 Å². The van der Waals surface area contributed by atoms with Crippen LogP contribution in [0.4, 0.5) is 28.4 Å². The summed E-state index contributed by atoms with van der Waals surface area (Å²) in [6.07, 6.45) is 3.80. The lowest BCUT2D eigenvalue weighted by Gasteiger charge is -2.28. The van der Waals surface area contributed by atoms with Crippen molar-refractivity contribution in [3.8, 4) is 0 Å². The Bertz CT molecular complexity index is 3150. The molecular formula is C54H40N2. The maximum Gasteiger partial charge on any atom is 0.0540 e. The Balaban J connectivity index is 1.31. The van der Waals surface area contributed by atoms with Crippen LogP contribution in [0, 0.1) is 0 Å². The summed E-state index contributed by atoms with van der Waals surface area (Å²) in [4.78, 5) is 4.81. The van der Waals surface area contributed by atoms with Crippen LogP contribution in [-0.4, -0.2) is 6.54 Å². The van der Waals surface area contributed by atoms with Crippen LogP contribution in [0.1, 0.15) is 18.1 Å². The Morgan fingerprint density at radius 1 is 0.393 bits per heavy atom. The summed E-state index contributed by atoms with van der Waals surface area (Å²) in [6, 6.07) is 64.6. The molecule has 0 aliphatic carbocycles. The van der Waals surface area contributed by atoms with Gasteiger partial charge in [0.15, 0.2) is 0 Å². The highest BCUT2D eigenvalue weighted by atomic mass is 15.1. The second kappa shape index (κ2) is 13.6. The monoisotopic (exact) mass is 716 g/mol. The van der Waals surface area contributed by atoms with Gasteiger partial charge in [0.1, 0.15) is 0 Å². The molecule has 0 aliphatic rings. The largest absolute Gasteiger partial charge is 0.342 e. The zero-order valence-electron chi connectivity index (χ0n) is 31.4. The Kier molecular flexibility index (Phi) is 8.12. The van der Waals surface area contributed by atoms with Crippen molar-refractivity contribution in [2.24, 2.45) is 0 Å². The van der Waals surface area contributed by atoms with Crippen molar-refractivity contribution in [1.82, 2.24) is 0 Å². The minimum atomic E-state index is 0.843. The van der Waals surface area contributed by atoms with Gasteiger partial charge in [-0.2, -0.15) is 0 Å². The van der Waals surface area contributed by atoms with E-state index in [0.29, 0.717) is 0 Å². The maximum atomic E-state index is 4.02. The van der Waals surface area contributed by atoms with Gasteiger partial charge < -0.3 is 9.80 Å². The van der Waals surface area contributed by atoms with Crippen LogP contribution < -0.4 is 9.80 Å².